The Morgan fingerprint density at radius 1 is 1.22 bits per heavy atom. The predicted molar refractivity (Wildman–Crippen MR) is 97.8 cm³/mol. The van der Waals surface area contributed by atoms with Gasteiger partial charge in [-0.1, -0.05) is 41.9 Å². The number of carbonyl (C=O) groups is 1. The molecule has 0 saturated carbocycles. The van der Waals surface area contributed by atoms with Crippen LogP contribution in [0.15, 0.2) is 54.6 Å². The highest BCUT2D eigenvalue weighted by Crippen LogP contribution is 2.27. The van der Waals surface area contributed by atoms with E-state index in [-0.39, 0.29) is 11.0 Å². The van der Waals surface area contributed by atoms with E-state index in [1.165, 1.54) is 13.2 Å². The number of hydrogen-bond donors (Lipinski definition) is 2. The molecule has 0 spiro atoms. The molecule has 2 N–H and O–H groups in total. The van der Waals surface area contributed by atoms with Gasteiger partial charge < -0.3 is 10.1 Å². The SMILES string of the molecule is COc1ccc(NC(=S)NC(=O)/C=C/c2ccccc2)cc1Cl. The molecule has 0 heterocycles. The lowest BCUT2D eigenvalue weighted by molar-refractivity contribution is -0.115. The Morgan fingerprint density at radius 3 is 2.61 bits per heavy atom. The standard InChI is InChI=1S/C17H15ClN2O2S/c1-22-15-9-8-13(11-14(15)18)19-17(23)20-16(21)10-7-12-5-3-2-4-6-12/h2-11H,1H3,(H2,19,20,21,23)/b10-7+. The summed E-state index contributed by atoms with van der Waals surface area (Å²) in [5, 5.41) is 6.10. The average molecular weight is 347 g/mol. The van der Waals surface area contributed by atoms with E-state index in [9.17, 15) is 4.79 Å². The summed E-state index contributed by atoms with van der Waals surface area (Å²) in [4.78, 5) is 11.8. The van der Waals surface area contributed by atoms with Gasteiger partial charge in [0.2, 0.25) is 5.91 Å². The molecule has 0 aliphatic carbocycles. The zero-order valence-corrected chi connectivity index (χ0v) is 13.9. The maximum absolute atomic E-state index is 11.8. The van der Waals surface area contributed by atoms with Crippen LogP contribution in [0.2, 0.25) is 5.02 Å². The van der Waals surface area contributed by atoms with Gasteiger partial charge in [-0.2, -0.15) is 0 Å². The molecule has 0 atom stereocenters. The molecule has 118 valence electrons. The van der Waals surface area contributed by atoms with Crippen molar-refractivity contribution in [1.29, 1.82) is 0 Å². The topological polar surface area (TPSA) is 50.4 Å². The van der Waals surface area contributed by atoms with Crippen molar-refractivity contribution >= 4 is 46.6 Å². The fraction of sp³-hybridized carbons (Fsp3) is 0.0588. The molecule has 2 aromatic rings. The molecule has 2 rings (SSSR count). The predicted octanol–water partition coefficient (Wildman–Crippen LogP) is 3.88. The van der Waals surface area contributed by atoms with E-state index in [0.29, 0.717) is 16.5 Å². The van der Waals surface area contributed by atoms with Crippen molar-refractivity contribution in [2.24, 2.45) is 0 Å². The van der Waals surface area contributed by atoms with Crippen LogP contribution in [0.25, 0.3) is 6.08 Å². The number of anilines is 1. The van der Waals surface area contributed by atoms with Crippen LogP contribution in [0.4, 0.5) is 5.69 Å². The normalized spacial score (nSPS) is 10.3. The van der Waals surface area contributed by atoms with Gasteiger partial charge in [0.15, 0.2) is 5.11 Å². The molecule has 0 fully saturated rings. The summed E-state index contributed by atoms with van der Waals surface area (Å²) in [6, 6.07) is 14.6. The number of amides is 1. The molecular formula is C17H15ClN2O2S. The van der Waals surface area contributed by atoms with E-state index in [2.05, 4.69) is 10.6 Å². The first-order valence-corrected chi connectivity index (χ1v) is 7.56. The van der Waals surface area contributed by atoms with Crippen LogP contribution in [-0.2, 0) is 4.79 Å². The first-order valence-electron chi connectivity index (χ1n) is 6.77. The summed E-state index contributed by atoms with van der Waals surface area (Å²) in [6.45, 7) is 0. The van der Waals surface area contributed by atoms with E-state index in [0.717, 1.165) is 5.56 Å². The van der Waals surface area contributed by atoms with Crippen molar-refractivity contribution in [3.05, 3.63) is 65.2 Å². The first kappa shape index (κ1) is 17.0. The summed E-state index contributed by atoms with van der Waals surface area (Å²) in [6.07, 6.45) is 3.13. The maximum Gasteiger partial charge on any atom is 0.250 e. The third-order valence-corrected chi connectivity index (χ3v) is 3.37. The molecule has 0 unspecified atom stereocenters. The number of methoxy groups -OCH3 is 1. The van der Waals surface area contributed by atoms with Crippen LogP contribution < -0.4 is 15.4 Å². The first-order chi connectivity index (χ1) is 11.1. The molecule has 23 heavy (non-hydrogen) atoms. The van der Waals surface area contributed by atoms with Crippen LogP contribution in [0.3, 0.4) is 0 Å². The van der Waals surface area contributed by atoms with Crippen LogP contribution in [0.1, 0.15) is 5.56 Å². The lowest BCUT2D eigenvalue weighted by atomic mass is 10.2. The second kappa shape index (κ2) is 8.31. The smallest absolute Gasteiger partial charge is 0.250 e. The molecule has 6 heteroatoms. The largest absolute Gasteiger partial charge is 0.495 e. The van der Waals surface area contributed by atoms with Gasteiger partial charge in [0.25, 0.3) is 0 Å². The highest BCUT2D eigenvalue weighted by Gasteiger charge is 2.05. The number of rotatable bonds is 4. The summed E-state index contributed by atoms with van der Waals surface area (Å²) < 4.78 is 5.07. The highest BCUT2D eigenvalue weighted by molar-refractivity contribution is 7.80. The van der Waals surface area contributed by atoms with Crippen LogP contribution >= 0.6 is 23.8 Å². The molecule has 0 bridgehead atoms. The Morgan fingerprint density at radius 2 is 1.96 bits per heavy atom. The summed E-state index contributed by atoms with van der Waals surface area (Å²) in [5.74, 6) is 0.254. The molecule has 0 aromatic heterocycles. The third-order valence-electron chi connectivity index (χ3n) is 2.87. The van der Waals surface area contributed by atoms with Gasteiger partial charge >= 0.3 is 0 Å². The molecular weight excluding hydrogens is 332 g/mol. The number of carbonyl (C=O) groups excluding carboxylic acids is 1. The number of nitrogens with one attached hydrogen (secondary N) is 2. The lowest BCUT2D eigenvalue weighted by Crippen LogP contribution is -2.32. The minimum absolute atomic E-state index is 0.189. The molecule has 0 radical (unpaired) electrons. The van der Waals surface area contributed by atoms with Gasteiger partial charge in [0, 0.05) is 11.8 Å². The zero-order valence-electron chi connectivity index (χ0n) is 12.4. The molecule has 0 aliphatic heterocycles. The number of ether oxygens (including phenoxy) is 1. The highest BCUT2D eigenvalue weighted by atomic mass is 35.5. The number of benzene rings is 2. The van der Waals surface area contributed by atoms with Gasteiger partial charge in [0.05, 0.1) is 12.1 Å². The van der Waals surface area contributed by atoms with Crippen molar-refractivity contribution in [2.45, 2.75) is 0 Å². The van der Waals surface area contributed by atoms with Gasteiger partial charge in [-0.15, -0.1) is 0 Å². The van der Waals surface area contributed by atoms with E-state index >= 15 is 0 Å². The Bertz CT molecular complexity index is 733. The van der Waals surface area contributed by atoms with Gasteiger partial charge in [0.1, 0.15) is 5.75 Å². The van der Waals surface area contributed by atoms with E-state index in [4.69, 9.17) is 28.6 Å². The van der Waals surface area contributed by atoms with Crippen molar-refractivity contribution in [3.8, 4) is 5.75 Å². The number of thiocarbonyl (C=S) groups is 1. The zero-order chi connectivity index (χ0) is 16.7. The number of halogens is 1. The molecule has 1 amide bonds. The fourth-order valence-corrected chi connectivity index (χ4v) is 2.27. The third kappa shape index (κ3) is 5.39. The van der Waals surface area contributed by atoms with Crippen molar-refractivity contribution < 1.29 is 9.53 Å². The van der Waals surface area contributed by atoms with Crippen LogP contribution in [0.5, 0.6) is 5.75 Å². The Kier molecular flexibility index (Phi) is 6.14. The Labute approximate surface area is 145 Å². The monoisotopic (exact) mass is 346 g/mol. The molecule has 4 nitrogen and oxygen atoms in total. The van der Waals surface area contributed by atoms with Crippen LogP contribution in [0, 0.1) is 0 Å². The molecule has 0 aliphatic rings. The Hall–Kier alpha value is -2.37. The van der Waals surface area contributed by atoms with Crippen molar-refractivity contribution in [1.82, 2.24) is 5.32 Å². The summed E-state index contributed by atoms with van der Waals surface area (Å²) >= 11 is 11.1. The van der Waals surface area contributed by atoms with Crippen molar-refractivity contribution in [3.63, 3.8) is 0 Å². The maximum atomic E-state index is 11.8. The van der Waals surface area contributed by atoms with Crippen molar-refractivity contribution in [2.75, 3.05) is 12.4 Å². The van der Waals surface area contributed by atoms with Gasteiger partial charge in [-0.05, 0) is 42.1 Å². The quantitative estimate of drug-likeness (QED) is 0.651. The Balaban J connectivity index is 1.90. The van der Waals surface area contributed by atoms with Crippen LogP contribution in [-0.4, -0.2) is 18.1 Å². The lowest BCUT2D eigenvalue weighted by Gasteiger charge is -2.10. The number of hydrogen-bond acceptors (Lipinski definition) is 3. The molecule has 0 saturated heterocycles. The summed E-state index contributed by atoms with van der Waals surface area (Å²) in [5.41, 5.74) is 1.59. The summed E-state index contributed by atoms with van der Waals surface area (Å²) in [7, 11) is 1.54. The minimum Gasteiger partial charge on any atom is -0.495 e. The second-order valence-corrected chi connectivity index (χ2v) is 5.35. The second-order valence-electron chi connectivity index (χ2n) is 4.54. The van der Waals surface area contributed by atoms with E-state index in [1.807, 2.05) is 30.3 Å². The minimum atomic E-state index is -0.314. The van der Waals surface area contributed by atoms with Gasteiger partial charge in [-0.25, -0.2) is 0 Å². The fourth-order valence-electron chi connectivity index (χ4n) is 1.80. The van der Waals surface area contributed by atoms with Gasteiger partial charge in [-0.3, -0.25) is 10.1 Å². The van der Waals surface area contributed by atoms with E-state index < -0.39 is 0 Å². The average Bonchev–Trinajstić information content (AvgIpc) is 2.54. The molecule has 2 aromatic carbocycles. The van der Waals surface area contributed by atoms with E-state index in [1.54, 1.807) is 24.3 Å².